The number of hydrogen-bond donors (Lipinski definition) is 2. The van der Waals surface area contributed by atoms with Gasteiger partial charge in [-0.15, -0.1) is 11.3 Å². The van der Waals surface area contributed by atoms with Crippen molar-refractivity contribution < 1.29 is 18.7 Å². The van der Waals surface area contributed by atoms with Crippen molar-refractivity contribution >= 4 is 28.3 Å². The van der Waals surface area contributed by atoms with E-state index in [0.717, 1.165) is 38.4 Å². The molecule has 2 N–H and O–H groups in total. The zero-order valence-corrected chi connectivity index (χ0v) is 17.8. The van der Waals surface area contributed by atoms with Crippen LogP contribution in [0, 0.1) is 0 Å². The van der Waals surface area contributed by atoms with Gasteiger partial charge in [-0.1, -0.05) is 24.3 Å². The first-order chi connectivity index (χ1) is 15.2. The number of morpholine rings is 1. The van der Waals surface area contributed by atoms with Crippen molar-refractivity contribution in [1.82, 2.24) is 15.2 Å². The predicted octanol–water partition coefficient (Wildman–Crippen LogP) is 2.68. The van der Waals surface area contributed by atoms with E-state index in [-0.39, 0.29) is 24.0 Å². The van der Waals surface area contributed by atoms with Gasteiger partial charge in [0.15, 0.2) is 10.9 Å². The lowest BCUT2D eigenvalue weighted by atomic mass is 10.1. The maximum atomic E-state index is 12.4. The van der Waals surface area contributed by atoms with Crippen LogP contribution < -0.4 is 10.6 Å². The summed E-state index contributed by atoms with van der Waals surface area (Å²) < 4.78 is 10.5. The highest BCUT2D eigenvalue weighted by Crippen LogP contribution is 2.17. The molecule has 3 aromatic rings. The number of benzene rings is 1. The molecule has 1 aromatic carbocycles. The Labute approximate surface area is 184 Å². The third kappa shape index (κ3) is 6.00. The van der Waals surface area contributed by atoms with Gasteiger partial charge in [0.1, 0.15) is 0 Å². The van der Waals surface area contributed by atoms with Crippen molar-refractivity contribution in [3.8, 4) is 0 Å². The van der Waals surface area contributed by atoms with E-state index in [1.165, 1.54) is 23.2 Å². The summed E-state index contributed by atoms with van der Waals surface area (Å²) in [6.07, 6.45) is 1.59. The molecule has 0 spiro atoms. The summed E-state index contributed by atoms with van der Waals surface area (Å²) in [6, 6.07) is 11.4. The van der Waals surface area contributed by atoms with Crippen molar-refractivity contribution in [3.63, 3.8) is 0 Å². The highest BCUT2D eigenvalue weighted by atomic mass is 32.1. The number of aromatic nitrogens is 1. The molecular formula is C22H24N4O4S. The fraction of sp³-hybridized carbons (Fsp3) is 0.318. The van der Waals surface area contributed by atoms with E-state index < -0.39 is 0 Å². The van der Waals surface area contributed by atoms with Crippen LogP contribution in [0.15, 0.2) is 52.5 Å². The molecule has 0 unspecified atom stereocenters. The van der Waals surface area contributed by atoms with Crippen LogP contribution in [0.3, 0.4) is 0 Å². The van der Waals surface area contributed by atoms with Crippen LogP contribution in [-0.4, -0.2) is 48.0 Å². The van der Waals surface area contributed by atoms with Crippen LogP contribution in [-0.2, 0) is 29.0 Å². The monoisotopic (exact) mass is 440 g/mol. The van der Waals surface area contributed by atoms with Gasteiger partial charge in [-0.05, 0) is 23.3 Å². The predicted molar refractivity (Wildman–Crippen MR) is 117 cm³/mol. The maximum absolute atomic E-state index is 12.4. The maximum Gasteiger partial charge on any atom is 0.293 e. The summed E-state index contributed by atoms with van der Waals surface area (Å²) in [5, 5.41) is 7.85. The summed E-state index contributed by atoms with van der Waals surface area (Å²) in [4.78, 5) is 31.1. The molecule has 0 bridgehead atoms. The number of thiazole rings is 1. The van der Waals surface area contributed by atoms with Gasteiger partial charge in [0, 0.05) is 31.6 Å². The van der Waals surface area contributed by atoms with Gasteiger partial charge in [-0.3, -0.25) is 19.8 Å². The summed E-state index contributed by atoms with van der Waals surface area (Å²) >= 11 is 1.27. The van der Waals surface area contributed by atoms with Crippen LogP contribution >= 0.6 is 11.3 Å². The normalized spacial score (nSPS) is 14.3. The van der Waals surface area contributed by atoms with Gasteiger partial charge in [0.05, 0.1) is 31.6 Å². The largest absolute Gasteiger partial charge is 0.459 e. The molecule has 1 fully saturated rings. The molecule has 9 heteroatoms. The Morgan fingerprint density at radius 1 is 1.10 bits per heavy atom. The first-order valence-corrected chi connectivity index (χ1v) is 11.0. The Morgan fingerprint density at radius 2 is 1.90 bits per heavy atom. The molecular weight excluding hydrogens is 416 g/mol. The first kappa shape index (κ1) is 21.2. The first-order valence-electron chi connectivity index (χ1n) is 10.1. The van der Waals surface area contributed by atoms with Crippen LogP contribution in [0.1, 0.15) is 27.4 Å². The molecule has 2 aromatic heterocycles. The van der Waals surface area contributed by atoms with E-state index in [1.807, 2.05) is 18.2 Å². The fourth-order valence-corrected chi connectivity index (χ4v) is 4.02. The Kier molecular flexibility index (Phi) is 7.08. The third-order valence-corrected chi connectivity index (χ3v) is 5.76. The van der Waals surface area contributed by atoms with Gasteiger partial charge >= 0.3 is 0 Å². The molecule has 0 saturated carbocycles. The van der Waals surface area contributed by atoms with E-state index in [4.69, 9.17) is 9.15 Å². The lowest BCUT2D eigenvalue weighted by Crippen LogP contribution is -2.36. The molecule has 162 valence electrons. The lowest BCUT2D eigenvalue weighted by Gasteiger charge is -2.27. The minimum atomic E-state index is -0.368. The van der Waals surface area contributed by atoms with E-state index in [2.05, 4.69) is 26.6 Å². The van der Waals surface area contributed by atoms with Crippen molar-refractivity contribution in [3.05, 3.63) is 70.6 Å². The summed E-state index contributed by atoms with van der Waals surface area (Å²) in [5.41, 5.74) is 2.92. The zero-order chi connectivity index (χ0) is 21.5. The Morgan fingerprint density at radius 3 is 2.68 bits per heavy atom. The van der Waals surface area contributed by atoms with Crippen LogP contribution in [0.2, 0.25) is 0 Å². The number of rotatable bonds is 8. The van der Waals surface area contributed by atoms with Crippen LogP contribution in [0.4, 0.5) is 5.13 Å². The van der Waals surface area contributed by atoms with Crippen molar-refractivity contribution in [1.29, 1.82) is 0 Å². The molecule has 0 aliphatic carbocycles. The highest BCUT2D eigenvalue weighted by molar-refractivity contribution is 7.14. The number of hydrogen-bond acceptors (Lipinski definition) is 7. The molecule has 8 nitrogen and oxygen atoms in total. The van der Waals surface area contributed by atoms with E-state index in [0.29, 0.717) is 17.4 Å². The second-order valence-electron chi connectivity index (χ2n) is 7.19. The second-order valence-corrected chi connectivity index (χ2v) is 8.04. The number of carbonyl (C=O) groups excluding carboxylic acids is 2. The molecule has 1 saturated heterocycles. The smallest absolute Gasteiger partial charge is 0.293 e. The fourth-order valence-electron chi connectivity index (χ4n) is 3.32. The number of carbonyl (C=O) groups is 2. The van der Waals surface area contributed by atoms with Crippen molar-refractivity contribution in [2.75, 3.05) is 31.6 Å². The van der Waals surface area contributed by atoms with Crippen molar-refractivity contribution in [2.24, 2.45) is 0 Å². The Balaban J connectivity index is 1.28. The van der Waals surface area contributed by atoms with Crippen molar-refractivity contribution in [2.45, 2.75) is 19.5 Å². The molecule has 3 heterocycles. The second kappa shape index (κ2) is 10.3. The highest BCUT2D eigenvalue weighted by Gasteiger charge is 2.15. The lowest BCUT2D eigenvalue weighted by molar-refractivity contribution is -0.120. The Hall–Kier alpha value is -3.01. The number of nitrogens with one attached hydrogen (secondary N) is 2. The van der Waals surface area contributed by atoms with E-state index >= 15 is 0 Å². The molecule has 31 heavy (non-hydrogen) atoms. The topological polar surface area (TPSA) is 96.7 Å². The zero-order valence-electron chi connectivity index (χ0n) is 17.0. The quantitative estimate of drug-likeness (QED) is 0.559. The van der Waals surface area contributed by atoms with Gasteiger partial charge < -0.3 is 14.5 Å². The molecule has 0 radical (unpaired) electrons. The average Bonchev–Trinajstić information content (AvgIpc) is 3.46. The average molecular weight is 441 g/mol. The minimum absolute atomic E-state index is 0.115. The number of anilines is 1. The summed E-state index contributed by atoms with van der Waals surface area (Å²) in [6.45, 7) is 4.67. The van der Waals surface area contributed by atoms with Gasteiger partial charge in [0.25, 0.3) is 5.91 Å². The molecule has 1 aliphatic heterocycles. The standard InChI is InChI=1S/C22H24N4O4S/c27-20(12-18-15-31-22(24-18)25-21(28)19-6-3-9-30-19)23-13-16-4-1-2-5-17(16)14-26-7-10-29-11-8-26/h1-6,9,15H,7-8,10-14H2,(H,23,27)(H,24,25,28). The summed E-state index contributed by atoms with van der Waals surface area (Å²) in [7, 11) is 0. The SMILES string of the molecule is O=C(Cc1csc(NC(=O)c2ccco2)n1)NCc1ccccc1CN1CCOCC1. The molecule has 0 atom stereocenters. The Bertz CT molecular complexity index is 1010. The van der Waals surface area contributed by atoms with Crippen LogP contribution in [0.25, 0.3) is 0 Å². The molecule has 2 amide bonds. The number of nitrogens with zero attached hydrogens (tertiary/aromatic N) is 2. The van der Waals surface area contributed by atoms with Gasteiger partial charge in [0.2, 0.25) is 5.91 Å². The number of ether oxygens (including phenoxy) is 1. The number of amides is 2. The van der Waals surface area contributed by atoms with Gasteiger partial charge in [-0.2, -0.15) is 0 Å². The minimum Gasteiger partial charge on any atom is -0.459 e. The molecule has 1 aliphatic rings. The van der Waals surface area contributed by atoms with E-state index in [1.54, 1.807) is 17.5 Å². The molecule has 4 rings (SSSR count). The van der Waals surface area contributed by atoms with Crippen LogP contribution in [0.5, 0.6) is 0 Å². The summed E-state index contributed by atoms with van der Waals surface area (Å²) in [5.74, 6) is -0.271. The van der Waals surface area contributed by atoms with E-state index in [9.17, 15) is 9.59 Å². The van der Waals surface area contributed by atoms with Gasteiger partial charge in [-0.25, -0.2) is 4.98 Å². The number of furan rings is 1. The third-order valence-electron chi connectivity index (χ3n) is 4.95.